The lowest BCUT2D eigenvalue weighted by Crippen LogP contribution is -2.24. The molecule has 1 N–H and O–H groups in total. The minimum absolute atomic E-state index is 0.241. The van der Waals surface area contributed by atoms with Crippen LogP contribution in [0.15, 0.2) is 46.9 Å². The van der Waals surface area contributed by atoms with Crippen LogP contribution in [-0.2, 0) is 16.6 Å². The third kappa shape index (κ3) is 3.33. The summed E-state index contributed by atoms with van der Waals surface area (Å²) >= 11 is 6.82. The van der Waals surface area contributed by atoms with E-state index in [1.165, 1.54) is 6.07 Å². The SMILES string of the molecule is O=S(=O)(NCCCn1cnc2ccccc21)c1ccc(Cl)s1. The lowest BCUT2D eigenvalue weighted by molar-refractivity contribution is 0.573. The fourth-order valence-electron chi connectivity index (χ4n) is 2.16. The molecule has 3 aromatic rings. The zero-order chi connectivity index (χ0) is 15.6. The van der Waals surface area contributed by atoms with Crippen molar-refractivity contribution in [2.24, 2.45) is 0 Å². The van der Waals surface area contributed by atoms with Crippen molar-refractivity contribution in [1.29, 1.82) is 0 Å². The van der Waals surface area contributed by atoms with Gasteiger partial charge in [-0.25, -0.2) is 18.1 Å². The molecule has 2 aromatic heterocycles. The second kappa shape index (κ2) is 6.37. The van der Waals surface area contributed by atoms with E-state index in [1.54, 1.807) is 12.4 Å². The summed E-state index contributed by atoms with van der Waals surface area (Å²) in [4.78, 5) is 4.31. The van der Waals surface area contributed by atoms with E-state index < -0.39 is 10.0 Å². The monoisotopic (exact) mass is 355 g/mol. The summed E-state index contributed by atoms with van der Waals surface area (Å²) in [6, 6.07) is 11.0. The maximum absolute atomic E-state index is 12.0. The molecule has 0 unspecified atom stereocenters. The Hall–Kier alpha value is -1.41. The minimum Gasteiger partial charge on any atom is -0.331 e. The maximum atomic E-state index is 12.0. The van der Waals surface area contributed by atoms with Gasteiger partial charge in [-0.1, -0.05) is 23.7 Å². The molecule has 22 heavy (non-hydrogen) atoms. The normalized spacial score (nSPS) is 12.0. The first-order valence-electron chi connectivity index (χ1n) is 6.71. The van der Waals surface area contributed by atoms with Gasteiger partial charge in [0.1, 0.15) is 4.21 Å². The number of rotatable bonds is 6. The van der Waals surface area contributed by atoms with Crippen molar-refractivity contribution in [1.82, 2.24) is 14.3 Å². The Morgan fingerprint density at radius 2 is 2.05 bits per heavy atom. The van der Waals surface area contributed by atoms with Crippen molar-refractivity contribution in [3.63, 3.8) is 0 Å². The van der Waals surface area contributed by atoms with Gasteiger partial charge in [-0.2, -0.15) is 0 Å². The number of fused-ring (bicyclic) bond motifs is 1. The molecule has 0 aliphatic heterocycles. The van der Waals surface area contributed by atoms with Gasteiger partial charge in [-0.05, 0) is 30.7 Å². The molecule has 116 valence electrons. The van der Waals surface area contributed by atoms with E-state index in [1.807, 2.05) is 28.8 Å². The maximum Gasteiger partial charge on any atom is 0.250 e. The Bertz CT molecular complexity index is 886. The number of sulfonamides is 1. The Morgan fingerprint density at radius 3 is 2.82 bits per heavy atom. The van der Waals surface area contributed by atoms with Gasteiger partial charge in [-0.15, -0.1) is 11.3 Å². The molecule has 0 radical (unpaired) electrons. The number of imidazole rings is 1. The van der Waals surface area contributed by atoms with Crippen LogP contribution < -0.4 is 4.72 Å². The highest BCUT2D eigenvalue weighted by molar-refractivity contribution is 7.91. The van der Waals surface area contributed by atoms with Crippen molar-refractivity contribution in [3.05, 3.63) is 47.1 Å². The molecule has 0 atom stereocenters. The van der Waals surface area contributed by atoms with E-state index >= 15 is 0 Å². The Labute approximate surface area is 137 Å². The predicted octanol–water partition coefficient (Wildman–Crippen LogP) is 3.12. The van der Waals surface area contributed by atoms with Crippen molar-refractivity contribution < 1.29 is 8.42 Å². The van der Waals surface area contributed by atoms with Crippen LogP contribution in [0.2, 0.25) is 4.34 Å². The molecule has 5 nitrogen and oxygen atoms in total. The zero-order valence-electron chi connectivity index (χ0n) is 11.6. The lowest BCUT2D eigenvalue weighted by Gasteiger charge is -2.06. The molecule has 2 heterocycles. The quantitative estimate of drug-likeness (QED) is 0.691. The average molecular weight is 356 g/mol. The summed E-state index contributed by atoms with van der Waals surface area (Å²) in [6.45, 7) is 1.07. The molecular formula is C14H14ClN3O2S2. The third-order valence-electron chi connectivity index (χ3n) is 3.21. The Morgan fingerprint density at radius 1 is 1.23 bits per heavy atom. The molecule has 8 heteroatoms. The topological polar surface area (TPSA) is 64.0 Å². The number of benzene rings is 1. The molecule has 3 rings (SSSR count). The Kier molecular flexibility index (Phi) is 4.49. The summed E-state index contributed by atoms with van der Waals surface area (Å²) in [7, 11) is -3.46. The first-order chi connectivity index (χ1) is 10.6. The standard InChI is InChI=1S/C14H14ClN3O2S2/c15-13-6-7-14(21-13)22(19,20)17-8-3-9-18-10-16-11-4-1-2-5-12(11)18/h1-2,4-7,10,17H,3,8-9H2. The van der Waals surface area contributed by atoms with Gasteiger partial charge in [0, 0.05) is 13.1 Å². The molecule has 0 aliphatic rings. The van der Waals surface area contributed by atoms with Crippen LogP contribution in [-0.4, -0.2) is 24.5 Å². The van der Waals surface area contributed by atoms with E-state index in [-0.39, 0.29) is 4.21 Å². The second-order valence-electron chi connectivity index (χ2n) is 4.74. The number of aryl methyl sites for hydroxylation is 1. The highest BCUT2D eigenvalue weighted by Gasteiger charge is 2.15. The molecule has 0 spiro atoms. The van der Waals surface area contributed by atoms with Crippen molar-refractivity contribution >= 4 is 44.0 Å². The number of nitrogens with zero attached hydrogens (tertiary/aromatic N) is 2. The zero-order valence-corrected chi connectivity index (χ0v) is 14.0. The van der Waals surface area contributed by atoms with Crippen LogP contribution in [0.5, 0.6) is 0 Å². The van der Waals surface area contributed by atoms with E-state index in [2.05, 4.69) is 9.71 Å². The van der Waals surface area contributed by atoms with Gasteiger partial charge in [0.05, 0.1) is 21.7 Å². The third-order valence-corrected chi connectivity index (χ3v) is 6.39. The van der Waals surface area contributed by atoms with E-state index in [9.17, 15) is 8.42 Å². The van der Waals surface area contributed by atoms with Crippen molar-refractivity contribution in [2.45, 2.75) is 17.2 Å². The number of thiophene rings is 1. The van der Waals surface area contributed by atoms with Crippen molar-refractivity contribution in [3.8, 4) is 0 Å². The molecule has 0 amide bonds. The van der Waals surface area contributed by atoms with Crippen LogP contribution >= 0.6 is 22.9 Å². The first-order valence-corrected chi connectivity index (χ1v) is 9.39. The second-order valence-corrected chi connectivity index (χ2v) is 8.45. The van der Waals surface area contributed by atoms with E-state index in [4.69, 9.17) is 11.6 Å². The van der Waals surface area contributed by atoms with Gasteiger partial charge in [0.25, 0.3) is 0 Å². The molecule has 0 aliphatic carbocycles. The summed E-state index contributed by atoms with van der Waals surface area (Å²) in [5.41, 5.74) is 1.99. The van der Waals surface area contributed by atoms with Crippen LogP contribution in [0.25, 0.3) is 11.0 Å². The first kappa shape index (κ1) is 15.5. The number of nitrogens with one attached hydrogen (secondary N) is 1. The summed E-state index contributed by atoms with van der Waals surface area (Å²) in [5.74, 6) is 0. The molecule has 0 saturated heterocycles. The number of halogens is 1. The number of hydrogen-bond donors (Lipinski definition) is 1. The van der Waals surface area contributed by atoms with Gasteiger partial charge >= 0.3 is 0 Å². The van der Waals surface area contributed by atoms with Gasteiger partial charge in [-0.3, -0.25) is 0 Å². The minimum atomic E-state index is -3.46. The molecular weight excluding hydrogens is 342 g/mol. The largest absolute Gasteiger partial charge is 0.331 e. The summed E-state index contributed by atoms with van der Waals surface area (Å²) < 4.78 is 29.4. The summed E-state index contributed by atoms with van der Waals surface area (Å²) in [5, 5.41) is 0. The fraction of sp³-hybridized carbons (Fsp3) is 0.214. The summed E-state index contributed by atoms with van der Waals surface area (Å²) in [6.07, 6.45) is 2.46. The molecule has 0 bridgehead atoms. The van der Waals surface area contributed by atoms with Gasteiger partial charge in [0.15, 0.2) is 0 Å². The number of hydrogen-bond acceptors (Lipinski definition) is 4. The lowest BCUT2D eigenvalue weighted by atomic mass is 10.3. The Balaban J connectivity index is 1.58. The number of aromatic nitrogens is 2. The van der Waals surface area contributed by atoms with Crippen molar-refractivity contribution in [2.75, 3.05) is 6.54 Å². The molecule has 0 saturated carbocycles. The van der Waals surface area contributed by atoms with Crippen LogP contribution in [0.3, 0.4) is 0 Å². The van der Waals surface area contributed by atoms with Gasteiger partial charge in [0.2, 0.25) is 10.0 Å². The fourth-order valence-corrected chi connectivity index (χ4v) is 4.76. The predicted molar refractivity (Wildman–Crippen MR) is 88.9 cm³/mol. The van der Waals surface area contributed by atoms with Crippen LogP contribution in [0, 0.1) is 0 Å². The number of para-hydroxylation sites is 2. The highest BCUT2D eigenvalue weighted by Crippen LogP contribution is 2.25. The van der Waals surface area contributed by atoms with E-state index in [0.29, 0.717) is 23.8 Å². The van der Waals surface area contributed by atoms with Gasteiger partial charge < -0.3 is 4.57 Å². The van der Waals surface area contributed by atoms with E-state index in [0.717, 1.165) is 22.4 Å². The average Bonchev–Trinajstić information content (AvgIpc) is 3.11. The van der Waals surface area contributed by atoms with Crippen LogP contribution in [0.1, 0.15) is 6.42 Å². The molecule has 0 fully saturated rings. The molecule has 1 aromatic carbocycles. The van der Waals surface area contributed by atoms with Crippen LogP contribution in [0.4, 0.5) is 0 Å². The smallest absolute Gasteiger partial charge is 0.250 e. The highest BCUT2D eigenvalue weighted by atomic mass is 35.5.